The lowest BCUT2D eigenvalue weighted by molar-refractivity contribution is 0.147. The van der Waals surface area contributed by atoms with Crippen molar-refractivity contribution in [1.29, 1.82) is 0 Å². The van der Waals surface area contributed by atoms with E-state index in [1.165, 1.54) is 0 Å². The van der Waals surface area contributed by atoms with Crippen LogP contribution >= 0.6 is 7.92 Å². The molecule has 25 heavy (non-hydrogen) atoms. The van der Waals surface area contributed by atoms with Crippen molar-refractivity contribution in [2.24, 2.45) is 17.8 Å². The van der Waals surface area contributed by atoms with Gasteiger partial charge in [0.2, 0.25) is 0 Å². The highest BCUT2D eigenvalue weighted by Gasteiger charge is 2.62. The Labute approximate surface area is 157 Å². The Morgan fingerprint density at radius 1 is 0.360 bits per heavy atom. The highest BCUT2D eigenvalue weighted by molar-refractivity contribution is 7.62. The van der Waals surface area contributed by atoms with Crippen molar-refractivity contribution in [3.8, 4) is 0 Å². The van der Waals surface area contributed by atoms with Gasteiger partial charge < -0.3 is 0 Å². The topological polar surface area (TPSA) is 0 Å². The lowest BCUT2D eigenvalue weighted by Crippen LogP contribution is -2.55. The van der Waals surface area contributed by atoms with Gasteiger partial charge in [-0.1, -0.05) is 7.92 Å². The van der Waals surface area contributed by atoms with Crippen LogP contribution in [0.2, 0.25) is 0 Å². The van der Waals surface area contributed by atoms with Crippen LogP contribution in [0.5, 0.6) is 0 Å². The first-order valence-electron chi connectivity index (χ1n) is 12.0. The van der Waals surface area contributed by atoms with E-state index in [0.29, 0.717) is 0 Å². The van der Waals surface area contributed by atoms with E-state index < -0.39 is 0 Å². The summed E-state index contributed by atoms with van der Waals surface area (Å²) in [4.78, 5) is 0. The molecule has 0 amide bonds. The number of rotatable bonds is 3. The maximum atomic E-state index is 1.67. The predicted octanol–water partition coefficient (Wildman–Crippen LogP) is 7.64. The van der Waals surface area contributed by atoms with Gasteiger partial charge in [-0.15, -0.1) is 0 Å². The molecule has 0 aromatic carbocycles. The van der Waals surface area contributed by atoms with Crippen LogP contribution in [0.25, 0.3) is 0 Å². The molecule has 9 saturated carbocycles. The molecule has 9 fully saturated rings. The summed E-state index contributed by atoms with van der Waals surface area (Å²) in [5, 5.41) is 2.58. The lowest BCUT2D eigenvalue weighted by Gasteiger charge is -2.68. The first kappa shape index (κ1) is 16.4. The van der Waals surface area contributed by atoms with E-state index in [9.17, 15) is 0 Å². The standard InChI is InChI=1S/C24H39P/c1-10-22(11-2-19(1)3-12-22)25(23-13-4-20(5-14-23)6-15-23)24-16-7-21(8-17-24)9-18-24/h19-21H,1-18H2. The molecule has 0 saturated heterocycles. The van der Waals surface area contributed by atoms with Crippen molar-refractivity contribution in [3.05, 3.63) is 0 Å². The van der Waals surface area contributed by atoms with Crippen LogP contribution in [0, 0.1) is 17.8 Å². The zero-order chi connectivity index (χ0) is 16.5. The fourth-order valence-electron chi connectivity index (χ4n) is 9.19. The Kier molecular flexibility index (Phi) is 3.75. The third-order valence-corrected chi connectivity index (χ3v) is 15.4. The molecule has 0 aromatic heterocycles. The lowest BCUT2D eigenvalue weighted by atomic mass is 9.68. The largest absolute Gasteiger partial charge is 0.0876 e. The molecule has 1 heteroatoms. The molecule has 0 unspecified atom stereocenters. The van der Waals surface area contributed by atoms with E-state index in [2.05, 4.69) is 0 Å². The molecule has 0 heterocycles. The van der Waals surface area contributed by atoms with E-state index >= 15 is 0 Å². The van der Waals surface area contributed by atoms with Gasteiger partial charge in [-0.3, -0.25) is 0 Å². The summed E-state index contributed by atoms with van der Waals surface area (Å²) in [5.74, 6) is 3.41. The Hall–Kier alpha value is 0.430. The summed E-state index contributed by atoms with van der Waals surface area (Å²) in [5.41, 5.74) is 0. The number of hydrogen-bond donors (Lipinski definition) is 0. The molecular weight excluding hydrogens is 319 g/mol. The molecule has 6 bridgehead atoms. The maximum Gasteiger partial charge on any atom is -0.00841 e. The summed E-state index contributed by atoms with van der Waals surface area (Å²) >= 11 is 0. The maximum absolute atomic E-state index is 1.67. The first-order valence-corrected chi connectivity index (χ1v) is 13.4. The predicted molar refractivity (Wildman–Crippen MR) is 109 cm³/mol. The van der Waals surface area contributed by atoms with Crippen molar-refractivity contribution in [2.75, 3.05) is 0 Å². The van der Waals surface area contributed by atoms with Crippen molar-refractivity contribution >= 4 is 7.92 Å². The summed E-state index contributed by atoms with van der Waals surface area (Å²) in [6.45, 7) is 0. The first-order chi connectivity index (χ1) is 12.2. The van der Waals surface area contributed by atoms with E-state index in [4.69, 9.17) is 0 Å². The fourth-order valence-corrected chi connectivity index (χ4v) is 15.4. The van der Waals surface area contributed by atoms with Gasteiger partial charge in [-0.05, 0) is 149 Å². The molecular formula is C24H39P. The summed E-state index contributed by atoms with van der Waals surface area (Å²) in [6, 6.07) is 0. The SMILES string of the molecule is C1CC2(P(C34CCC(CC3)CC4)C34CCC(CC3)CC4)CCC1CC2. The van der Waals surface area contributed by atoms with Crippen LogP contribution in [0.15, 0.2) is 0 Å². The zero-order valence-corrected chi connectivity index (χ0v) is 17.3. The third kappa shape index (κ3) is 2.34. The van der Waals surface area contributed by atoms with Gasteiger partial charge in [-0.2, -0.15) is 0 Å². The van der Waals surface area contributed by atoms with E-state index in [1.807, 2.05) is 0 Å². The minimum atomic E-state index is 0.246. The normalized spacial score (nSPS) is 55.4. The minimum Gasteiger partial charge on any atom is -0.0876 e. The van der Waals surface area contributed by atoms with Crippen LogP contribution in [0.4, 0.5) is 0 Å². The van der Waals surface area contributed by atoms with Crippen molar-refractivity contribution < 1.29 is 0 Å². The minimum absolute atomic E-state index is 0.246. The summed E-state index contributed by atoms with van der Waals surface area (Å²) in [6.07, 6.45) is 29.6. The Bertz CT molecular complexity index is 395. The summed E-state index contributed by atoms with van der Waals surface area (Å²) in [7, 11) is 0.246. The molecule has 9 aliphatic rings. The third-order valence-electron chi connectivity index (χ3n) is 10.6. The zero-order valence-electron chi connectivity index (χ0n) is 16.4. The second-order valence-electron chi connectivity index (χ2n) is 11.5. The Morgan fingerprint density at radius 2 is 0.560 bits per heavy atom. The van der Waals surface area contributed by atoms with Crippen LogP contribution in [-0.2, 0) is 0 Å². The van der Waals surface area contributed by atoms with Gasteiger partial charge in [0.25, 0.3) is 0 Å². The van der Waals surface area contributed by atoms with Gasteiger partial charge in [0.1, 0.15) is 0 Å². The van der Waals surface area contributed by atoms with Gasteiger partial charge in [-0.25, -0.2) is 0 Å². The quantitative estimate of drug-likeness (QED) is 0.455. The molecule has 0 radical (unpaired) electrons. The molecule has 0 aliphatic heterocycles. The monoisotopic (exact) mass is 358 g/mol. The molecule has 0 aromatic rings. The van der Waals surface area contributed by atoms with Crippen LogP contribution in [0.1, 0.15) is 116 Å². The van der Waals surface area contributed by atoms with Gasteiger partial charge in [0.05, 0.1) is 0 Å². The van der Waals surface area contributed by atoms with E-state index in [0.717, 1.165) is 33.2 Å². The average Bonchev–Trinajstić information content (AvgIpc) is 2.71. The molecule has 0 spiro atoms. The Balaban J connectivity index is 1.44. The molecule has 0 N–H and O–H groups in total. The molecule has 9 aliphatic carbocycles. The Morgan fingerprint density at radius 3 is 0.760 bits per heavy atom. The number of fused-ring (bicyclic) bond motifs is 9. The van der Waals surface area contributed by atoms with Gasteiger partial charge in [0.15, 0.2) is 0 Å². The second kappa shape index (κ2) is 5.72. The second-order valence-corrected chi connectivity index (χ2v) is 15.0. The van der Waals surface area contributed by atoms with Gasteiger partial charge >= 0.3 is 0 Å². The summed E-state index contributed by atoms with van der Waals surface area (Å²) < 4.78 is 0. The highest BCUT2D eigenvalue weighted by Crippen LogP contribution is 2.82. The van der Waals surface area contributed by atoms with Crippen LogP contribution in [0.3, 0.4) is 0 Å². The van der Waals surface area contributed by atoms with Crippen molar-refractivity contribution in [1.82, 2.24) is 0 Å². The highest BCUT2D eigenvalue weighted by atomic mass is 31.1. The number of hydrogen-bond acceptors (Lipinski definition) is 0. The molecule has 0 nitrogen and oxygen atoms in total. The van der Waals surface area contributed by atoms with Crippen LogP contribution < -0.4 is 0 Å². The van der Waals surface area contributed by atoms with E-state index in [-0.39, 0.29) is 7.92 Å². The molecule has 9 rings (SSSR count). The van der Waals surface area contributed by atoms with E-state index in [1.54, 1.807) is 116 Å². The average molecular weight is 359 g/mol. The van der Waals surface area contributed by atoms with Crippen molar-refractivity contribution in [3.63, 3.8) is 0 Å². The van der Waals surface area contributed by atoms with Gasteiger partial charge in [0, 0.05) is 0 Å². The fraction of sp³-hybridized carbons (Fsp3) is 1.00. The van der Waals surface area contributed by atoms with Crippen molar-refractivity contribution in [2.45, 2.75) is 131 Å². The molecule has 0 atom stereocenters. The van der Waals surface area contributed by atoms with Crippen LogP contribution in [-0.4, -0.2) is 15.5 Å². The smallest absolute Gasteiger partial charge is 0.00841 e. The molecule has 140 valence electrons.